The molecular formula is C26H31N. The number of anilines is 1. The number of hydrogen-bond donors (Lipinski definition) is 0. The van der Waals surface area contributed by atoms with Gasteiger partial charge in [-0.25, -0.2) is 0 Å². The molecule has 0 heterocycles. The summed E-state index contributed by atoms with van der Waals surface area (Å²) in [4.78, 5) is 2.15. The standard InChI is InChI=1S/C26H31N/c1-21-10-14-24(15-11-21)26(2,19-18-22-8-6-5-7-9-22)20-23-12-16-25(17-13-23)27(3)4/h5-17H,18-20H2,1-4H3. The third kappa shape index (κ3) is 5.01. The van der Waals surface area contributed by atoms with E-state index in [0.29, 0.717) is 0 Å². The minimum absolute atomic E-state index is 0.114. The highest BCUT2D eigenvalue weighted by Crippen LogP contribution is 2.34. The summed E-state index contributed by atoms with van der Waals surface area (Å²) in [6.07, 6.45) is 3.28. The molecule has 0 bridgehead atoms. The van der Waals surface area contributed by atoms with Gasteiger partial charge in [-0.3, -0.25) is 0 Å². The van der Waals surface area contributed by atoms with Crippen LogP contribution in [0.1, 0.15) is 35.6 Å². The Morgan fingerprint density at radius 3 is 1.96 bits per heavy atom. The van der Waals surface area contributed by atoms with Gasteiger partial charge in [-0.15, -0.1) is 0 Å². The number of aryl methyl sites for hydroxylation is 2. The zero-order valence-corrected chi connectivity index (χ0v) is 17.1. The summed E-state index contributed by atoms with van der Waals surface area (Å²) in [6, 6.07) is 29.0. The van der Waals surface area contributed by atoms with E-state index in [9.17, 15) is 0 Å². The number of nitrogens with zero attached hydrogens (tertiary/aromatic N) is 1. The molecule has 0 aliphatic carbocycles. The lowest BCUT2D eigenvalue weighted by atomic mass is 9.73. The van der Waals surface area contributed by atoms with Gasteiger partial charge in [0.1, 0.15) is 0 Å². The van der Waals surface area contributed by atoms with Crippen LogP contribution in [-0.2, 0) is 18.3 Å². The molecule has 3 aromatic carbocycles. The fraction of sp³-hybridized carbons (Fsp3) is 0.308. The molecule has 0 radical (unpaired) electrons. The van der Waals surface area contributed by atoms with E-state index in [4.69, 9.17) is 0 Å². The van der Waals surface area contributed by atoms with Crippen molar-refractivity contribution in [3.8, 4) is 0 Å². The third-order valence-electron chi connectivity index (χ3n) is 5.60. The molecule has 0 N–H and O–H groups in total. The molecule has 1 nitrogen and oxygen atoms in total. The highest BCUT2D eigenvalue weighted by atomic mass is 15.1. The van der Waals surface area contributed by atoms with E-state index in [0.717, 1.165) is 19.3 Å². The van der Waals surface area contributed by atoms with Crippen LogP contribution >= 0.6 is 0 Å². The molecule has 1 unspecified atom stereocenters. The topological polar surface area (TPSA) is 3.24 Å². The molecule has 1 heteroatoms. The predicted molar refractivity (Wildman–Crippen MR) is 118 cm³/mol. The van der Waals surface area contributed by atoms with E-state index in [1.165, 1.54) is 27.9 Å². The molecule has 0 aliphatic heterocycles. The summed E-state index contributed by atoms with van der Waals surface area (Å²) < 4.78 is 0. The number of hydrogen-bond acceptors (Lipinski definition) is 1. The van der Waals surface area contributed by atoms with E-state index in [1.54, 1.807) is 0 Å². The Kier molecular flexibility index (Phi) is 6.01. The molecule has 0 saturated carbocycles. The molecular weight excluding hydrogens is 326 g/mol. The Labute approximate surface area is 164 Å². The van der Waals surface area contributed by atoms with E-state index in [1.807, 2.05) is 0 Å². The largest absolute Gasteiger partial charge is 0.378 e. The fourth-order valence-electron chi connectivity index (χ4n) is 3.72. The number of benzene rings is 3. The average molecular weight is 358 g/mol. The summed E-state index contributed by atoms with van der Waals surface area (Å²) in [5.41, 5.74) is 6.93. The van der Waals surface area contributed by atoms with Crippen LogP contribution in [0.2, 0.25) is 0 Å². The van der Waals surface area contributed by atoms with Crippen molar-refractivity contribution in [1.82, 2.24) is 0 Å². The van der Waals surface area contributed by atoms with Crippen LogP contribution in [0.25, 0.3) is 0 Å². The highest BCUT2D eigenvalue weighted by molar-refractivity contribution is 5.46. The SMILES string of the molecule is Cc1ccc(C(C)(CCc2ccccc2)Cc2ccc(N(C)C)cc2)cc1. The maximum absolute atomic E-state index is 2.42. The minimum atomic E-state index is 0.114. The Balaban J connectivity index is 1.85. The Morgan fingerprint density at radius 1 is 0.741 bits per heavy atom. The first kappa shape index (κ1) is 19.2. The van der Waals surface area contributed by atoms with E-state index in [-0.39, 0.29) is 5.41 Å². The van der Waals surface area contributed by atoms with Crippen molar-refractivity contribution in [1.29, 1.82) is 0 Å². The molecule has 0 aromatic heterocycles. The molecule has 3 rings (SSSR count). The maximum atomic E-state index is 2.42. The first-order valence-electron chi connectivity index (χ1n) is 9.84. The first-order chi connectivity index (χ1) is 13.0. The summed E-state index contributed by atoms with van der Waals surface area (Å²) >= 11 is 0. The van der Waals surface area contributed by atoms with E-state index < -0.39 is 0 Å². The molecule has 0 saturated heterocycles. The Hall–Kier alpha value is -2.54. The van der Waals surface area contributed by atoms with Crippen molar-refractivity contribution in [3.63, 3.8) is 0 Å². The van der Waals surface area contributed by atoms with Crippen LogP contribution < -0.4 is 4.90 Å². The first-order valence-corrected chi connectivity index (χ1v) is 9.84. The smallest absolute Gasteiger partial charge is 0.0361 e. The second-order valence-electron chi connectivity index (χ2n) is 8.15. The van der Waals surface area contributed by atoms with Crippen LogP contribution in [0.15, 0.2) is 78.9 Å². The molecule has 0 aliphatic rings. The summed E-state index contributed by atoms with van der Waals surface area (Å²) in [5, 5.41) is 0. The molecule has 0 spiro atoms. The molecule has 1 atom stereocenters. The number of rotatable bonds is 7. The second-order valence-corrected chi connectivity index (χ2v) is 8.15. The van der Waals surface area contributed by atoms with Gasteiger partial charge in [0.2, 0.25) is 0 Å². The van der Waals surface area contributed by atoms with Crippen molar-refractivity contribution >= 4 is 5.69 Å². The zero-order chi connectivity index (χ0) is 19.3. The van der Waals surface area contributed by atoms with Crippen molar-refractivity contribution < 1.29 is 0 Å². The summed E-state index contributed by atoms with van der Waals surface area (Å²) in [6.45, 7) is 4.57. The maximum Gasteiger partial charge on any atom is 0.0361 e. The zero-order valence-electron chi connectivity index (χ0n) is 17.1. The van der Waals surface area contributed by atoms with Crippen molar-refractivity contribution in [3.05, 3.63) is 101 Å². The van der Waals surface area contributed by atoms with Gasteiger partial charge in [-0.2, -0.15) is 0 Å². The summed E-state index contributed by atoms with van der Waals surface area (Å²) in [7, 11) is 4.18. The van der Waals surface area contributed by atoms with Gasteiger partial charge in [0.05, 0.1) is 0 Å². The lowest BCUT2D eigenvalue weighted by molar-refractivity contribution is 0.431. The fourth-order valence-corrected chi connectivity index (χ4v) is 3.72. The predicted octanol–water partition coefficient (Wildman–Crippen LogP) is 6.19. The summed E-state index contributed by atoms with van der Waals surface area (Å²) in [5.74, 6) is 0. The van der Waals surface area contributed by atoms with Crippen LogP contribution in [0.3, 0.4) is 0 Å². The lowest BCUT2D eigenvalue weighted by Gasteiger charge is -2.31. The van der Waals surface area contributed by atoms with Crippen molar-refractivity contribution in [2.45, 2.75) is 38.5 Å². The lowest BCUT2D eigenvalue weighted by Crippen LogP contribution is -2.26. The van der Waals surface area contributed by atoms with E-state index >= 15 is 0 Å². The van der Waals surface area contributed by atoms with Gasteiger partial charge in [0.15, 0.2) is 0 Å². The van der Waals surface area contributed by atoms with Gasteiger partial charge in [0.25, 0.3) is 0 Å². The van der Waals surface area contributed by atoms with Gasteiger partial charge >= 0.3 is 0 Å². The normalized spacial score (nSPS) is 13.2. The van der Waals surface area contributed by atoms with Crippen LogP contribution in [-0.4, -0.2) is 14.1 Å². The molecule has 3 aromatic rings. The minimum Gasteiger partial charge on any atom is -0.378 e. The third-order valence-corrected chi connectivity index (χ3v) is 5.60. The van der Waals surface area contributed by atoms with Gasteiger partial charge in [-0.05, 0) is 60.4 Å². The molecule has 27 heavy (non-hydrogen) atoms. The van der Waals surface area contributed by atoms with Crippen LogP contribution in [0, 0.1) is 6.92 Å². The molecule has 0 amide bonds. The molecule has 0 fully saturated rings. The van der Waals surface area contributed by atoms with Gasteiger partial charge < -0.3 is 4.90 Å². The van der Waals surface area contributed by atoms with Crippen LogP contribution in [0.5, 0.6) is 0 Å². The van der Waals surface area contributed by atoms with Gasteiger partial charge in [0, 0.05) is 19.8 Å². The second kappa shape index (κ2) is 8.43. The van der Waals surface area contributed by atoms with Crippen molar-refractivity contribution in [2.75, 3.05) is 19.0 Å². The molecule has 140 valence electrons. The van der Waals surface area contributed by atoms with E-state index in [2.05, 4.69) is 112 Å². The quantitative estimate of drug-likeness (QED) is 0.487. The van der Waals surface area contributed by atoms with Crippen molar-refractivity contribution in [2.24, 2.45) is 0 Å². The Bertz CT molecular complexity index is 832. The van der Waals surface area contributed by atoms with Gasteiger partial charge in [-0.1, -0.05) is 79.2 Å². The Morgan fingerprint density at radius 2 is 1.37 bits per heavy atom. The average Bonchev–Trinajstić information content (AvgIpc) is 2.68. The monoisotopic (exact) mass is 357 g/mol. The van der Waals surface area contributed by atoms with Crippen LogP contribution in [0.4, 0.5) is 5.69 Å². The highest BCUT2D eigenvalue weighted by Gasteiger charge is 2.27.